The number of anilines is 1. The lowest BCUT2D eigenvalue weighted by Crippen LogP contribution is -2.13. The smallest absolute Gasteiger partial charge is 0.270 e. The number of sulfonamides is 1. The predicted molar refractivity (Wildman–Crippen MR) is 115 cm³/mol. The highest BCUT2D eigenvalue weighted by Gasteiger charge is 2.15. The van der Waals surface area contributed by atoms with Gasteiger partial charge >= 0.3 is 0 Å². The minimum absolute atomic E-state index is 0.0691. The standard InChI is InChI=1S/C21H19N3O5S/c1-14-3-9-20(15(2)11-14)23-30(28,29)19-7-4-17(5-8-19)22-13-16-12-18(24(26)27)6-10-21(16)25/h3-13,23,25H,1-2H3. The second kappa shape index (κ2) is 8.34. The molecule has 0 spiro atoms. The minimum Gasteiger partial charge on any atom is -0.507 e. The Balaban J connectivity index is 1.80. The van der Waals surface area contributed by atoms with Crippen molar-refractivity contribution in [2.75, 3.05) is 4.72 Å². The summed E-state index contributed by atoms with van der Waals surface area (Å²) >= 11 is 0. The molecule has 3 aromatic rings. The van der Waals surface area contributed by atoms with E-state index in [1.54, 1.807) is 6.07 Å². The average Bonchev–Trinajstić information content (AvgIpc) is 2.69. The largest absolute Gasteiger partial charge is 0.507 e. The molecular formula is C21H19N3O5S. The van der Waals surface area contributed by atoms with E-state index in [2.05, 4.69) is 9.71 Å². The Labute approximate surface area is 173 Å². The molecule has 0 aliphatic heterocycles. The molecule has 0 fully saturated rings. The molecule has 0 saturated carbocycles. The van der Waals surface area contributed by atoms with Crippen LogP contribution in [0.4, 0.5) is 17.1 Å². The van der Waals surface area contributed by atoms with Crippen LogP contribution in [0.15, 0.2) is 70.6 Å². The van der Waals surface area contributed by atoms with E-state index in [9.17, 15) is 23.6 Å². The van der Waals surface area contributed by atoms with Crippen molar-refractivity contribution in [3.8, 4) is 5.75 Å². The van der Waals surface area contributed by atoms with Gasteiger partial charge in [0.1, 0.15) is 5.75 Å². The number of phenolic OH excluding ortho intramolecular Hbond substituents is 1. The van der Waals surface area contributed by atoms with E-state index < -0.39 is 14.9 Å². The number of aromatic hydroxyl groups is 1. The maximum absolute atomic E-state index is 12.6. The van der Waals surface area contributed by atoms with Crippen LogP contribution in [0.25, 0.3) is 0 Å². The molecule has 0 saturated heterocycles. The van der Waals surface area contributed by atoms with Crippen LogP contribution in [-0.4, -0.2) is 24.7 Å². The maximum Gasteiger partial charge on any atom is 0.270 e. The quantitative estimate of drug-likeness (QED) is 0.343. The fourth-order valence-electron chi connectivity index (χ4n) is 2.75. The monoisotopic (exact) mass is 425 g/mol. The summed E-state index contributed by atoms with van der Waals surface area (Å²) in [7, 11) is -3.77. The van der Waals surface area contributed by atoms with E-state index in [1.807, 2.05) is 26.0 Å². The summed E-state index contributed by atoms with van der Waals surface area (Å²) in [5, 5.41) is 20.7. The molecule has 8 nitrogen and oxygen atoms in total. The maximum atomic E-state index is 12.6. The first-order valence-electron chi connectivity index (χ1n) is 8.87. The van der Waals surface area contributed by atoms with Gasteiger partial charge in [-0.15, -0.1) is 0 Å². The molecule has 9 heteroatoms. The number of nitro groups is 1. The van der Waals surface area contributed by atoms with Gasteiger partial charge in [-0.2, -0.15) is 0 Å². The molecule has 0 bridgehead atoms. The number of aryl methyl sites for hydroxylation is 2. The highest BCUT2D eigenvalue weighted by Crippen LogP contribution is 2.24. The highest BCUT2D eigenvalue weighted by molar-refractivity contribution is 7.92. The SMILES string of the molecule is Cc1ccc(NS(=O)(=O)c2ccc(N=Cc3cc([N+](=O)[O-])ccc3O)cc2)c(C)c1. The van der Waals surface area contributed by atoms with Gasteiger partial charge < -0.3 is 5.11 Å². The van der Waals surface area contributed by atoms with Crippen LogP contribution >= 0.6 is 0 Å². The van der Waals surface area contributed by atoms with Crippen LogP contribution in [0.3, 0.4) is 0 Å². The number of aliphatic imine (C=N–C) groups is 1. The summed E-state index contributed by atoms with van der Waals surface area (Å²) in [6.45, 7) is 3.75. The van der Waals surface area contributed by atoms with Crippen molar-refractivity contribution in [1.29, 1.82) is 0 Å². The molecule has 0 atom stereocenters. The second-order valence-corrected chi connectivity index (χ2v) is 8.36. The number of nitro benzene ring substituents is 1. The molecule has 2 N–H and O–H groups in total. The van der Waals surface area contributed by atoms with Crippen molar-refractivity contribution in [3.63, 3.8) is 0 Å². The Morgan fingerprint density at radius 1 is 1.03 bits per heavy atom. The molecule has 3 aromatic carbocycles. The number of phenols is 1. The van der Waals surface area contributed by atoms with Crippen molar-refractivity contribution < 1.29 is 18.4 Å². The summed E-state index contributed by atoms with van der Waals surface area (Å²) in [4.78, 5) is 14.5. The first-order valence-corrected chi connectivity index (χ1v) is 10.4. The van der Waals surface area contributed by atoms with E-state index in [-0.39, 0.29) is 21.9 Å². The summed E-state index contributed by atoms with van der Waals surface area (Å²) < 4.78 is 27.8. The zero-order valence-corrected chi connectivity index (χ0v) is 17.1. The number of rotatable bonds is 6. The van der Waals surface area contributed by atoms with Gasteiger partial charge in [0.15, 0.2) is 0 Å². The number of nitrogens with one attached hydrogen (secondary N) is 1. The average molecular weight is 425 g/mol. The zero-order valence-electron chi connectivity index (χ0n) is 16.2. The van der Waals surface area contributed by atoms with Crippen LogP contribution < -0.4 is 4.72 Å². The molecule has 0 amide bonds. The fourth-order valence-corrected chi connectivity index (χ4v) is 3.88. The predicted octanol–water partition coefficient (Wildman–Crippen LogP) is 4.47. The lowest BCUT2D eigenvalue weighted by molar-refractivity contribution is -0.384. The normalized spacial score (nSPS) is 11.5. The third-order valence-corrected chi connectivity index (χ3v) is 5.73. The number of hydrogen-bond donors (Lipinski definition) is 2. The summed E-state index contributed by atoms with van der Waals surface area (Å²) in [6, 6.07) is 14.9. The second-order valence-electron chi connectivity index (χ2n) is 6.68. The first kappa shape index (κ1) is 21.0. The molecule has 0 unspecified atom stereocenters. The van der Waals surface area contributed by atoms with Gasteiger partial charge in [-0.1, -0.05) is 17.7 Å². The first-order chi connectivity index (χ1) is 14.2. The van der Waals surface area contributed by atoms with Gasteiger partial charge in [0, 0.05) is 23.9 Å². The zero-order chi connectivity index (χ0) is 21.9. The van der Waals surface area contributed by atoms with Crippen LogP contribution in [0, 0.1) is 24.0 Å². The molecule has 30 heavy (non-hydrogen) atoms. The lowest BCUT2D eigenvalue weighted by Gasteiger charge is -2.11. The number of nitrogens with zero attached hydrogens (tertiary/aromatic N) is 2. The Kier molecular flexibility index (Phi) is 5.84. The molecule has 0 heterocycles. The molecule has 0 radical (unpaired) electrons. The van der Waals surface area contributed by atoms with Gasteiger partial charge in [0.2, 0.25) is 0 Å². The van der Waals surface area contributed by atoms with Crippen molar-refractivity contribution >= 4 is 33.3 Å². The van der Waals surface area contributed by atoms with Crippen LogP contribution in [0.1, 0.15) is 16.7 Å². The van der Waals surface area contributed by atoms with Crippen LogP contribution in [-0.2, 0) is 10.0 Å². The molecule has 3 rings (SSSR count). The molecule has 154 valence electrons. The Bertz CT molecular complexity index is 1240. The van der Waals surface area contributed by atoms with Crippen molar-refractivity contribution in [2.45, 2.75) is 18.7 Å². The van der Waals surface area contributed by atoms with Crippen LogP contribution in [0.5, 0.6) is 5.75 Å². The van der Waals surface area contributed by atoms with E-state index in [1.165, 1.54) is 48.7 Å². The van der Waals surface area contributed by atoms with Crippen molar-refractivity contribution in [3.05, 3.63) is 87.5 Å². The van der Waals surface area contributed by atoms with Gasteiger partial charge in [-0.3, -0.25) is 19.8 Å². The fraction of sp³-hybridized carbons (Fsp3) is 0.0952. The summed E-state index contributed by atoms with van der Waals surface area (Å²) in [5.41, 5.74) is 2.78. The molecule has 0 aromatic heterocycles. The molecule has 0 aliphatic rings. The number of benzene rings is 3. The number of hydrogen-bond acceptors (Lipinski definition) is 6. The van der Waals surface area contributed by atoms with E-state index in [0.717, 1.165) is 11.1 Å². The Hall–Kier alpha value is -3.72. The molecule has 0 aliphatic carbocycles. The third-order valence-electron chi connectivity index (χ3n) is 4.35. The van der Waals surface area contributed by atoms with Crippen LogP contribution in [0.2, 0.25) is 0 Å². The Morgan fingerprint density at radius 3 is 2.37 bits per heavy atom. The van der Waals surface area contributed by atoms with E-state index in [0.29, 0.717) is 11.4 Å². The Morgan fingerprint density at radius 2 is 1.73 bits per heavy atom. The number of non-ortho nitro benzene ring substituents is 1. The van der Waals surface area contributed by atoms with Gasteiger partial charge in [-0.05, 0) is 55.8 Å². The highest BCUT2D eigenvalue weighted by atomic mass is 32.2. The van der Waals surface area contributed by atoms with E-state index in [4.69, 9.17) is 0 Å². The third kappa shape index (κ3) is 4.81. The van der Waals surface area contributed by atoms with Gasteiger partial charge in [0.05, 0.1) is 21.2 Å². The van der Waals surface area contributed by atoms with E-state index >= 15 is 0 Å². The van der Waals surface area contributed by atoms with Crippen molar-refractivity contribution in [1.82, 2.24) is 0 Å². The minimum atomic E-state index is -3.77. The molecular weight excluding hydrogens is 406 g/mol. The lowest BCUT2D eigenvalue weighted by atomic mass is 10.1. The summed E-state index contributed by atoms with van der Waals surface area (Å²) in [6.07, 6.45) is 1.28. The summed E-state index contributed by atoms with van der Waals surface area (Å²) in [5.74, 6) is -0.152. The topological polar surface area (TPSA) is 122 Å². The van der Waals surface area contributed by atoms with Crippen molar-refractivity contribution in [2.24, 2.45) is 4.99 Å². The van der Waals surface area contributed by atoms with Gasteiger partial charge in [0.25, 0.3) is 15.7 Å². The van der Waals surface area contributed by atoms with Gasteiger partial charge in [-0.25, -0.2) is 8.42 Å².